The van der Waals surface area contributed by atoms with Gasteiger partial charge in [0.25, 0.3) is 5.91 Å². The van der Waals surface area contributed by atoms with Gasteiger partial charge < -0.3 is 14.6 Å². The summed E-state index contributed by atoms with van der Waals surface area (Å²) in [5, 5.41) is 5.87. The van der Waals surface area contributed by atoms with Gasteiger partial charge in [0.2, 0.25) is 0 Å². The summed E-state index contributed by atoms with van der Waals surface area (Å²) in [7, 11) is 0. The third-order valence-corrected chi connectivity index (χ3v) is 6.24. The van der Waals surface area contributed by atoms with Gasteiger partial charge in [-0.05, 0) is 31.0 Å². The fourth-order valence-corrected chi connectivity index (χ4v) is 4.73. The SMILES string of the molecule is Cc1ccccc1-c1nc(C(=O)NC2CCN(c3nccn4cccc34)C2)cs1. The molecule has 0 saturated carbocycles. The summed E-state index contributed by atoms with van der Waals surface area (Å²) in [6.07, 6.45) is 6.67. The smallest absolute Gasteiger partial charge is 0.271 e. The van der Waals surface area contributed by atoms with Gasteiger partial charge in [-0.25, -0.2) is 9.97 Å². The van der Waals surface area contributed by atoms with Gasteiger partial charge in [0.05, 0.1) is 5.52 Å². The molecule has 4 heterocycles. The minimum Gasteiger partial charge on any atom is -0.353 e. The van der Waals surface area contributed by atoms with Crippen LogP contribution in [0.5, 0.6) is 0 Å². The molecule has 1 aliphatic heterocycles. The van der Waals surface area contributed by atoms with E-state index in [1.807, 2.05) is 48.2 Å². The summed E-state index contributed by atoms with van der Waals surface area (Å²) in [6.45, 7) is 3.68. The number of carbonyl (C=O) groups is 1. The van der Waals surface area contributed by atoms with E-state index in [0.717, 1.165) is 47.0 Å². The van der Waals surface area contributed by atoms with Crippen LogP contribution in [0.4, 0.5) is 5.82 Å². The Morgan fingerprint density at radius 3 is 3.00 bits per heavy atom. The molecule has 0 aliphatic carbocycles. The Hall–Kier alpha value is -3.19. The maximum absolute atomic E-state index is 12.7. The molecule has 1 amide bonds. The molecule has 5 rings (SSSR count). The highest BCUT2D eigenvalue weighted by atomic mass is 32.1. The number of carbonyl (C=O) groups excluding carboxylic acids is 1. The molecule has 0 spiro atoms. The first-order valence-corrected chi connectivity index (χ1v) is 10.6. The highest BCUT2D eigenvalue weighted by molar-refractivity contribution is 7.13. The van der Waals surface area contributed by atoms with Crippen LogP contribution in [0.2, 0.25) is 0 Å². The maximum atomic E-state index is 12.7. The van der Waals surface area contributed by atoms with Crippen molar-refractivity contribution in [1.29, 1.82) is 0 Å². The van der Waals surface area contributed by atoms with Crippen LogP contribution in [0.1, 0.15) is 22.5 Å². The van der Waals surface area contributed by atoms with E-state index in [1.54, 1.807) is 0 Å². The van der Waals surface area contributed by atoms with Gasteiger partial charge >= 0.3 is 0 Å². The van der Waals surface area contributed by atoms with Crippen LogP contribution in [-0.2, 0) is 0 Å². The van der Waals surface area contributed by atoms with Crippen LogP contribution in [0.3, 0.4) is 0 Å². The number of thiazole rings is 1. The predicted octanol–water partition coefficient (Wildman–Crippen LogP) is 3.77. The van der Waals surface area contributed by atoms with Crippen molar-refractivity contribution >= 4 is 28.6 Å². The summed E-state index contributed by atoms with van der Waals surface area (Å²) in [6, 6.07) is 12.3. The second-order valence-electron chi connectivity index (χ2n) is 7.31. The fourth-order valence-electron chi connectivity index (χ4n) is 3.84. The quantitative estimate of drug-likeness (QED) is 0.563. The molecule has 1 fully saturated rings. The van der Waals surface area contributed by atoms with Crippen molar-refractivity contribution in [2.24, 2.45) is 0 Å². The number of amides is 1. The van der Waals surface area contributed by atoms with E-state index in [0.29, 0.717) is 5.69 Å². The third-order valence-electron chi connectivity index (χ3n) is 5.37. The first-order chi connectivity index (χ1) is 14.2. The number of nitrogens with zero attached hydrogens (tertiary/aromatic N) is 4. The minimum absolute atomic E-state index is 0.0862. The number of hydrogen-bond acceptors (Lipinski definition) is 5. The molecule has 1 saturated heterocycles. The summed E-state index contributed by atoms with van der Waals surface area (Å²) in [5.41, 5.74) is 3.81. The van der Waals surface area contributed by atoms with Crippen molar-refractivity contribution in [2.45, 2.75) is 19.4 Å². The first-order valence-electron chi connectivity index (χ1n) is 9.68. The van der Waals surface area contributed by atoms with E-state index in [4.69, 9.17) is 0 Å². The molecule has 1 N–H and O–H groups in total. The molecule has 0 bridgehead atoms. The lowest BCUT2D eigenvalue weighted by Gasteiger charge is -2.18. The lowest BCUT2D eigenvalue weighted by atomic mass is 10.1. The molecule has 0 radical (unpaired) electrons. The van der Waals surface area contributed by atoms with Gasteiger partial charge in [0.1, 0.15) is 10.7 Å². The molecule has 1 aliphatic rings. The van der Waals surface area contributed by atoms with E-state index in [-0.39, 0.29) is 11.9 Å². The molecule has 7 heteroatoms. The molecule has 4 aromatic rings. The molecule has 3 aromatic heterocycles. The number of aromatic nitrogens is 3. The summed E-state index contributed by atoms with van der Waals surface area (Å²) >= 11 is 1.51. The molecular formula is C22H21N5OS. The van der Waals surface area contributed by atoms with Crippen molar-refractivity contribution in [1.82, 2.24) is 19.7 Å². The van der Waals surface area contributed by atoms with Crippen LogP contribution >= 0.6 is 11.3 Å². The zero-order valence-corrected chi connectivity index (χ0v) is 16.9. The molecule has 6 nitrogen and oxygen atoms in total. The third kappa shape index (κ3) is 3.38. The number of fused-ring (bicyclic) bond motifs is 1. The number of aryl methyl sites for hydroxylation is 1. The predicted molar refractivity (Wildman–Crippen MR) is 116 cm³/mol. The minimum atomic E-state index is -0.109. The average molecular weight is 404 g/mol. The molecule has 1 atom stereocenters. The van der Waals surface area contributed by atoms with Crippen molar-refractivity contribution in [3.63, 3.8) is 0 Å². The van der Waals surface area contributed by atoms with Gasteiger partial charge in [-0.1, -0.05) is 24.3 Å². The van der Waals surface area contributed by atoms with E-state index >= 15 is 0 Å². The number of benzene rings is 1. The summed E-state index contributed by atoms with van der Waals surface area (Å²) < 4.78 is 2.07. The van der Waals surface area contributed by atoms with Crippen LogP contribution < -0.4 is 10.2 Å². The van der Waals surface area contributed by atoms with Crippen molar-refractivity contribution in [3.05, 3.63) is 71.6 Å². The van der Waals surface area contributed by atoms with E-state index in [2.05, 4.69) is 43.6 Å². The van der Waals surface area contributed by atoms with E-state index < -0.39 is 0 Å². The first kappa shape index (κ1) is 17.9. The normalized spacial score (nSPS) is 16.4. The molecule has 29 heavy (non-hydrogen) atoms. The number of hydrogen-bond donors (Lipinski definition) is 1. The van der Waals surface area contributed by atoms with E-state index in [1.165, 1.54) is 11.3 Å². The second kappa shape index (κ2) is 7.33. The number of nitrogens with one attached hydrogen (secondary N) is 1. The highest BCUT2D eigenvalue weighted by Crippen LogP contribution is 2.27. The number of rotatable bonds is 4. The van der Waals surface area contributed by atoms with Crippen molar-refractivity contribution < 1.29 is 4.79 Å². The van der Waals surface area contributed by atoms with Crippen LogP contribution in [0.15, 0.2) is 60.4 Å². The van der Waals surface area contributed by atoms with Gasteiger partial charge in [-0.3, -0.25) is 4.79 Å². The van der Waals surface area contributed by atoms with Gasteiger partial charge in [-0.15, -0.1) is 11.3 Å². The molecule has 1 aromatic carbocycles. The Labute approximate surface area is 172 Å². The van der Waals surface area contributed by atoms with Crippen LogP contribution in [0.25, 0.3) is 16.1 Å². The lowest BCUT2D eigenvalue weighted by molar-refractivity contribution is 0.0936. The molecule has 146 valence electrons. The Bertz CT molecular complexity index is 1180. The standard InChI is InChI=1S/C22H21N5OS/c1-15-5-2-3-6-17(15)22-25-18(14-29-22)21(28)24-16-8-11-27(13-16)20-19-7-4-10-26(19)12-9-23-20/h2-7,9-10,12,14,16H,8,11,13H2,1H3,(H,24,28). The Morgan fingerprint density at radius 2 is 2.10 bits per heavy atom. The van der Waals surface area contributed by atoms with Gasteiger partial charge in [0, 0.05) is 48.7 Å². The maximum Gasteiger partial charge on any atom is 0.271 e. The average Bonchev–Trinajstić information content (AvgIpc) is 3.48. The zero-order valence-electron chi connectivity index (χ0n) is 16.1. The van der Waals surface area contributed by atoms with Gasteiger partial charge in [-0.2, -0.15) is 0 Å². The highest BCUT2D eigenvalue weighted by Gasteiger charge is 2.27. The van der Waals surface area contributed by atoms with Crippen molar-refractivity contribution in [2.75, 3.05) is 18.0 Å². The second-order valence-corrected chi connectivity index (χ2v) is 8.17. The van der Waals surface area contributed by atoms with Crippen molar-refractivity contribution in [3.8, 4) is 10.6 Å². The largest absolute Gasteiger partial charge is 0.353 e. The zero-order chi connectivity index (χ0) is 19.8. The van der Waals surface area contributed by atoms with Crippen LogP contribution in [0, 0.1) is 6.92 Å². The number of anilines is 1. The van der Waals surface area contributed by atoms with Crippen LogP contribution in [-0.4, -0.2) is 39.4 Å². The summed E-state index contributed by atoms with van der Waals surface area (Å²) in [5.74, 6) is 0.853. The Morgan fingerprint density at radius 1 is 1.21 bits per heavy atom. The fraction of sp³-hybridized carbons (Fsp3) is 0.227. The molecule has 1 unspecified atom stereocenters. The molecular weight excluding hydrogens is 382 g/mol. The van der Waals surface area contributed by atoms with Gasteiger partial charge in [0.15, 0.2) is 5.82 Å². The Balaban J connectivity index is 1.28. The lowest BCUT2D eigenvalue weighted by Crippen LogP contribution is -2.37. The topological polar surface area (TPSA) is 62.5 Å². The van der Waals surface area contributed by atoms with E-state index in [9.17, 15) is 4.79 Å². The summed E-state index contributed by atoms with van der Waals surface area (Å²) in [4.78, 5) is 24.1. The monoisotopic (exact) mass is 403 g/mol. The Kier molecular flexibility index (Phi) is 4.52.